The molecule has 2 N–H and O–H groups in total. The van der Waals surface area contributed by atoms with Crippen molar-refractivity contribution in [3.63, 3.8) is 0 Å². The maximum Gasteiger partial charge on any atom is 0.0808 e. The Labute approximate surface area is 60.2 Å². The molecule has 2 heteroatoms. The molecule has 2 aliphatic rings. The molecule has 1 heterocycles. The van der Waals surface area contributed by atoms with Crippen LogP contribution in [0.3, 0.4) is 0 Å². The fourth-order valence-corrected chi connectivity index (χ4v) is 1.55. The zero-order valence-electron chi connectivity index (χ0n) is 5.80. The Bertz CT molecular complexity index is 205. The Morgan fingerprint density at radius 2 is 2.50 bits per heavy atom. The molecule has 1 unspecified atom stereocenters. The number of rotatable bonds is 0. The van der Waals surface area contributed by atoms with Crippen molar-refractivity contribution >= 4 is 0 Å². The van der Waals surface area contributed by atoms with Crippen molar-refractivity contribution in [3.05, 3.63) is 23.4 Å². The molecule has 1 atom stereocenters. The van der Waals surface area contributed by atoms with E-state index >= 15 is 0 Å². The molecule has 0 amide bonds. The van der Waals surface area contributed by atoms with E-state index in [1.807, 2.05) is 6.08 Å². The summed E-state index contributed by atoms with van der Waals surface area (Å²) < 4.78 is 0. The molecule has 1 aliphatic carbocycles. The fraction of sp³-hybridized carbons (Fsp3) is 0.500. The molecule has 54 valence electrons. The molecule has 10 heavy (non-hydrogen) atoms. The average Bonchev–Trinajstić information content (AvgIpc) is 2.36. The highest BCUT2D eigenvalue weighted by Crippen LogP contribution is 2.24. The molecule has 2 rings (SSSR count). The van der Waals surface area contributed by atoms with Crippen LogP contribution < -0.4 is 5.32 Å². The standard InChI is InChI=1S/C8H11NO/c10-8-3-1-2-7-6(8)4-5-9-7/h1-2,8-10H,3-5H2. The molecule has 0 saturated carbocycles. The van der Waals surface area contributed by atoms with Crippen molar-refractivity contribution in [2.75, 3.05) is 6.54 Å². The quantitative estimate of drug-likeness (QED) is 0.511. The van der Waals surface area contributed by atoms with Gasteiger partial charge >= 0.3 is 0 Å². The maximum atomic E-state index is 9.43. The van der Waals surface area contributed by atoms with Crippen molar-refractivity contribution in [2.24, 2.45) is 0 Å². The first kappa shape index (κ1) is 5.98. The van der Waals surface area contributed by atoms with Crippen LogP contribution in [0.5, 0.6) is 0 Å². The number of nitrogens with one attached hydrogen (secondary N) is 1. The Morgan fingerprint density at radius 3 is 3.30 bits per heavy atom. The van der Waals surface area contributed by atoms with Crippen LogP contribution in [-0.2, 0) is 0 Å². The predicted molar refractivity (Wildman–Crippen MR) is 39.4 cm³/mol. The van der Waals surface area contributed by atoms with Crippen LogP contribution in [0, 0.1) is 0 Å². The molecule has 1 aliphatic heterocycles. The Balaban J connectivity index is 2.30. The Morgan fingerprint density at radius 1 is 1.60 bits per heavy atom. The lowest BCUT2D eigenvalue weighted by Gasteiger charge is -2.13. The van der Waals surface area contributed by atoms with E-state index in [1.165, 1.54) is 5.57 Å². The minimum absolute atomic E-state index is 0.213. The molecule has 0 saturated heterocycles. The lowest BCUT2D eigenvalue weighted by atomic mass is 9.99. The van der Waals surface area contributed by atoms with E-state index in [0.29, 0.717) is 0 Å². The van der Waals surface area contributed by atoms with E-state index in [0.717, 1.165) is 25.1 Å². The van der Waals surface area contributed by atoms with Crippen molar-refractivity contribution in [1.29, 1.82) is 0 Å². The first-order valence-electron chi connectivity index (χ1n) is 3.69. The van der Waals surface area contributed by atoms with Crippen LogP contribution in [-0.4, -0.2) is 17.8 Å². The summed E-state index contributed by atoms with van der Waals surface area (Å²) in [5.41, 5.74) is 2.35. The van der Waals surface area contributed by atoms with Crippen molar-refractivity contribution < 1.29 is 5.11 Å². The van der Waals surface area contributed by atoms with Gasteiger partial charge in [-0.05, 0) is 24.5 Å². The molecule has 0 aromatic rings. The van der Waals surface area contributed by atoms with Crippen LogP contribution in [0.2, 0.25) is 0 Å². The lowest BCUT2D eigenvalue weighted by molar-refractivity contribution is 0.210. The van der Waals surface area contributed by atoms with Gasteiger partial charge in [0.05, 0.1) is 6.10 Å². The second-order valence-corrected chi connectivity index (χ2v) is 2.77. The number of aliphatic hydroxyl groups is 1. The van der Waals surface area contributed by atoms with E-state index in [-0.39, 0.29) is 6.10 Å². The van der Waals surface area contributed by atoms with Gasteiger partial charge in [-0.25, -0.2) is 0 Å². The van der Waals surface area contributed by atoms with Crippen LogP contribution in [0.25, 0.3) is 0 Å². The largest absolute Gasteiger partial charge is 0.388 e. The molecule has 0 fully saturated rings. The fourth-order valence-electron chi connectivity index (χ4n) is 1.55. The number of hydrogen-bond acceptors (Lipinski definition) is 2. The smallest absolute Gasteiger partial charge is 0.0808 e. The van der Waals surface area contributed by atoms with Gasteiger partial charge in [0.25, 0.3) is 0 Å². The van der Waals surface area contributed by atoms with Gasteiger partial charge in [-0.1, -0.05) is 6.08 Å². The normalized spacial score (nSPS) is 30.3. The molecular formula is C8H11NO. The minimum atomic E-state index is -0.213. The van der Waals surface area contributed by atoms with Crippen LogP contribution in [0.1, 0.15) is 12.8 Å². The van der Waals surface area contributed by atoms with Gasteiger partial charge in [-0.2, -0.15) is 0 Å². The van der Waals surface area contributed by atoms with Gasteiger partial charge in [0.1, 0.15) is 0 Å². The van der Waals surface area contributed by atoms with Gasteiger partial charge < -0.3 is 10.4 Å². The monoisotopic (exact) mass is 137 g/mol. The second kappa shape index (κ2) is 2.13. The van der Waals surface area contributed by atoms with Crippen LogP contribution >= 0.6 is 0 Å². The van der Waals surface area contributed by atoms with E-state index in [4.69, 9.17) is 0 Å². The first-order chi connectivity index (χ1) is 4.88. The van der Waals surface area contributed by atoms with E-state index in [9.17, 15) is 5.11 Å². The van der Waals surface area contributed by atoms with Crippen molar-refractivity contribution in [1.82, 2.24) is 5.32 Å². The highest BCUT2D eigenvalue weighted by atomic mass is 16.3. The van der Waals surface area contributed by atoms with Gasteiger partial charge in [0.2, 0.25) is 0 Å². The lowest BCUT2D eigenvalue weighted by Crippen LogP contribution is -2.13. The summed E-state index contributed by atoms with van der Waals surface area (Å²) in [4.78, 5) is 0. The molecule has 2 nitrogen and oxygen atoms in total. The molecule has 0 aromatic heterocycles. The van der Waals surface area contributed by atoms with Gasteiger partial charge in [-0.15, -0.1) is 0 Å². The summed E-state index contributed by atoms with van der Waals surface area (Å²) in [6.45, 7) is 0.992. The summed E-state index contributed by atoms with van der Waals surface area (Å²) in [7, 11) is 0. The SMILES string of the molecule is OC1CC=CC2=C1CCN2. The van der Waals surface area contributed by atoms with Gasteiger partial charge in [0, 0.05) is 12.2 Å². The zero-order chi connectivity index (χ0) is 6.97. The topological polar surface area (TPSA) is 32.3 Å². The summed E-state index contributed by atoms with van der Waals surface area (Å²) in [6.07, 6.45) is 5.67. The Hall–Kier alpha value is -0.760. The summed E-state index contributed by atoms with van der Waals surface area (Å²) >= 11 is 0. The third-order valence-corrected chi connectivity index (χ3v) is 2.10. The summed E-state index contributed by atoms with van der Waals surface area (Å²) in [5, 5.41) is 12.7. The van der Waals surface area contributed by atoms with Crippen LogP contribution in [0.4, 0.5) is 0 Å². The van der Waals surface area contributed by atoms with Crippen molar-refractivity contribution in [3.8, 4) is 0 Å². The van der Waals surface area contributed by atoms with Crippen LogP contribution in [0.15, 0.2) is 23.4 Å². The average molecular weight is 137 g/mol. The van der Waals surface area contributed by atoms with E-state index < -0.39 is 0 Å². The summed E-state index contributed by atoms with van der Waals surface area (Å²) in [5.74, 6) is 0. The molecule has 0 spiro atoms. The number of hydrogen-bond donors (Lipinski definition) is 2. The molecular weight excluding hydrogens is 126 g/mol. The van der Waals surface area contributed by atoms with Crippen molar-refractivity contribution in [2.45, 2.75) is 18.9 Å². The highest BCUT2D eigenvalue weighted by molar-refractivity contribution is 5.34. The zero-order valence-corrected chi connectivity index (χ0v) is 5.80. The van der Waals surface area contributed by atoms with E-state index in [2.05, 4.69) is 11.4 Å². The third kappa shape index (κ3) is 0.762. The van der Waals surface area contributed by atoms with Gasteiger partial charge in [-0.3, -0.25) is 0 Å². The minimum Gasteiger partial charge on any atom is -0.388 e. The maximum absolute atomic E-state index is 9.43. The van der Waals surface area contributed by atoms with E-state index in [1.54, 1.807) is 0 Å². The van der Waals surface area contributed by atoms with Gasteiger partial charge in [0.15, 0.2) is 0 Å². The predicted octanol–water partition coefficient (Wildman–Crippen LogP) is 0.555. The molecule has 0 radical (unpaired) electrons. The second-order valence-electron chi connectivity index (χ2n) is 2.77. The third-order valence-electron chi connectivity index (χ3n) is 2.10. The molecule has 0 aromatic carbocycles. The Kier molecular flexibility index (Phi) is 1.27. The molecule has 0 bridgehead atoms. The highest BCUT2D eigenvalue weighted by Gasteiger charge is 2.20. The first-order valence-corrected chi connectivity index (χ1v) is 3.69. The summed E-state index contributed by atoms with van der Waals surface area (Å²) in [6, 6.07) is 0. The number of aliphatic hydroxyl groups excluding tert-OH is 1. The number of allylic oxidation sites excluding steroid dienone is 1.